The fraction of sp³-hybridized carbons (Fsp3) is 0. The van der Waals surface area contributed by atoms with Crippen molar-refractivity contribution in [3.63, 3.8) is 0 Å². The lowest BCUT2D eigenvalue weighted by Crippen LogP contribution is -1.85. The number of nitrogens with two attached hydrogens (primary N) is 1. The van der Waals surface area contributed by atoms with Gasteiger partial charge in [0.25, 0.3) is 0 Å². The van der Waals surface area contributed by atoms with Crippen molar-refractivity contribution < 1.29 is 0 Å². The lowest BCUT2D eigenvalue weighted by molar-refractivity contribution is 1.10. The van der Waals surface area contributed by atoms with Crippen LogP contribution < -0.4 is 5.73 Å². The third-order valence-electron chi connectivity index (χ3n) is 2.55. The number of nitrogens with zero attached hydrogens (tertiary/aromatic N) is 2. The molecule has 0 saturated heterocycles. The summed E-state index contributed by atoms with van der Waals surface area (Å²) >= 11 is 3.41. The first kappa shape index (κ1) is 10.3. The number of nitrogens with one attached hydrogen (secondary N) is 1. The molecule has 3 N–H and O–H groups in total. The number of fused-ring (bicyclic) bond motifs is 1. The number of aromatic amines is 1. The largest absolute Gasteiger partial charge is 0.399 e. The van der Waals surface area contributed by atoms with Gasteiger partial charge in [-0.3, -0.25) is 5.10 Å². The van der Waals surface area contributed by atoms with Gasteiger partial charge in [0.05, 0.1) is 5.69 Å². The van der Waals surface area contributed by atoms with E-state index < -0.39 is 0 Å². The molecule has 0 aliphatic carbocycles. The molecule has 0 unspecified atom stereocenters. The number of nitrogen functional groups attached to an aromatic ring is 1. The summed E-state index contributed by atoms with van der Waals surface area (Å²) in [6, 6.07) is 9.67. The Bertz CT molecular complexity index is 690. The first-order chi connectivity index (χ1) is 8.24. The fourth-order valence-electron chi connectivity index (χ4n) is 1.79. The highest BCUT2D eigenvalue weighted by atomic mass is 79.9. The van der Waals surface area contributed by atoms with Gasteiger partial charge in [0.2, 0.25) is 0 Å². The Labute approximate surface area is 106 Å². The van der Waals surface area contributed by atoms with Crippen LogP contribution in [0.15, 0.2) is 41.0 Å². The summed E-state index contributed by atoms with van der Waals surface area (Å²) in [6.07, 6.45) is 1.73. The van der Waals surface area contributed by atoms with Crippen molar-refractivity contribution in [2.75, 3.05) is 5.73 Å². The molecule has 1 aromatic carbocycles. The van der Waals surface area contributed by atoms with Crippen LogP contribution >= 0.6 is 15.9 Å². The van der Waals surface area contributed by atoms with Crippen molar-refractivity contribution in [2.45, 2.75) is 0 Å². The third-order valence-corrected chi connectivity index (χ3v) is 2.99. The van der Waals surface area contributed by atoms with E-state index in [-0.39, 0.29) is 0 Å². The highest BCUT2D eigenvalue weighted by molar-refractivity contribution is 9.10. The second kappa shape index (κ2) is 3.85. The second-order valence-electron chi connectivity index (χ2n) is 3.75. The quantitative estimate of drug-likeness (QED) is 0.677. The van der Waals surface area contributed by atoms with E-state index in [1.165, 1.54) is 0 Å². The van der Waals surface area contributed by atoms with Crippen molar-refractivity contribution >= 4 is 32.7 Å². The Kier molecular flexibility index (Phi) is 2.33. The molecule has 0 aliphatic rings. The van der Waals surface area contributed by atoms with Crippen LogP contribution in [0.2, 0.25) is 0 Å². The zero-order chi connectivity index (χ0) is 11.8. The van der Waals surface area contributed by atoms with Gasteiger partial charge >= 0.3 is 0 Å². The van der Waals surface area contributed by atoms with Gasteiger partial charge in [-0.25, -0.2) is 4.98 Å². The zero-order valence-corrected chi connectivity index (χ0v) is 10.4. The third kappa shape index (κ3) is 1.78. The van der Waals surface area contributed by atoms with Crippen LogP contribution in [0.5, 0.6) is 0 Å². The highest BCUT2D eigenvalue weighted by Gasteiger charge is 2.08. The molecule has 0 fully saturated rings. The molecule has 84 valence electrons. The van der Waals surface area contributed by atoms with E-state index in [0.717, 1.165) is 26.8 Å². The SMILES string of the molecule is Nc1cccc(-c2[nH]nc3ncc(Br)cc23)c1. The van der Waals surface area contributed by atoms with Crippen molar-refractivity contribution in [3.05, 3.63) is 41.0 Å². The van der Waals surface area contributed by atoms with Crippen molar-refractivity contribution in [1.82, 2.24) is 15.2 Å². The average Bonchev–Trinajstić information content (AvgIpc) is 2.71. The van der Waals surface area contributed by atoms with E-state index in [1.54, 1.807) is 6.20 Å². The molecule has 4 nitrogen and oxygen atoms in total. The molecule has 0 bridgehead atoms. The molecular weight excluding hydrogens is 280 g/mol. The van der Waals surface area contributed by atoms with Crippen molar-refractivity contribution in [3.8, 4) is 11.3 Å². The second-order valence-corrected chi connectivity index (χ2v) is 4.66. The number of halogens is 1. The minimum atomic E-state index is 0.700. The van der Waals surface area contributed by atoms with Crippen LogP contribution in [0.4, 0.5) is 5.69 Å². The van der Waals surface area contributed by atoms with E-state index in [1.807, 2.05) is 30.3 Å². The highest BCUT2D eigenvalue weighted by Crippen LogP contribution is 2.28. The fourth-order valence-corrected chi connectivity index (χ4v) is 2.12. The number of hydrogen-bond acceptors (Lipinski definition) is 3. The minimum absolute atomic E-state index is 0.700. The molecule has 17 heavy (non-hydrogen) atoms. The summed E-state index contributed by atoms with van der Waals surface area (Å²) in [4.78, 5) is 4.23. The number of hydrogen-bond donors (Lipinski definition) is 2. The first-order valence-corrected chi connectivity index (χ1v) is 5.89. The van der Waals surface area contributed by atoms with Gasteiger partial charge in [-0.2, -0.15) is 5.10 Å². The van der Waals surface area contributed by atoms with Crippen LogP contribution in [-0.4, -0.2) is 15.2 Å². The van der Waals surface area contributed by atoms with Gasteiger partial charge in [0, 0.05) is 27.3 Å². The molecule has 0 spiro atoms. The summed E-state index contributed by atoms with van der Waals surface area (Å²) in [5.74, 6) is 0. The van der Waals surface area contributed by atoms with Crippen LogP contribution in [0, 0.1) is 0 Å². The Morgan fingerprint density at radius 1 is 1.24 bits per heavy atom. The molecule has 0 radical (unpaired) electrons. The number of aromatic nitrogens is 3. The van der Waals surface area contributed by atoms with Gasteiger partial charge in [0.1, 0.15) is 0 Å². The molecule has 0 saturated carbocycles. The lowest BCUT2D eigenvalue weighted by atomic mass is 10.1. The van der Waals surface area contributed by atoms with Crippen molar-refractivity contribution in [1.29, 1.82) is 0 Å². The van der Waals surface area contributed by atoms with E-state index >= 15 is 0 Å². The van der Waals surface area contributed by atoms with Gasteiger partial charge in [0.15, 0.2) is 5.65 Å². The molecule has 2 heterocycles. The molecule has 3 aromatic rings. The normalized spacial score (nSPS) is 10.9. The maximum atomic E-state index is 5.78. The summed E-state index contributed by atoms with van der Waals surface area (Å²) in [5.41, 5.74) is 9.15. The average molecular weight is 289 g/mol. The smallest absolute Gasteiger partial charge is 0.181 e. The van der Waals surface area contributed by atoms with Crippen LogP contribution in [0.3, 0.4) is 0 Å². The molecule has 2 aromatic heterocycles. The summed E-state index contributed by atoms with van der Waals surface area (Å²) in [6.45, 7) is 0. The monoisotopic (exact) mass is 288 g/mol. The number of H-pyrrole nitrogens is 1. The molecular formula is C12H9BrN4. The number of rotatable bonds is 1. The predicted molar refractivity (Wildman–Crippen MR) is 71.4 cm³/mol. The molecule has 0 atom stereocenters. The molecule has 3 rings (SSSR count). The maximum absolute atomic E-state index is 5.78. The Hall–Kier alpha value is -1.88. The van der Waals surface area contributed by atoms with Crippen LogP contribution in [0.25, 0.3) is 22.3 Å². The molecule has 0 amide bonds. The van der Waals surface area contributed by atoms with E-state index in [9.17, 15) is 0 Å². The summed E-state index contributed by atoms with van der Waals surface area (Å²) in [5, 5.41) is 8.14. The summed E-state index contributed by atoms with van der Waals surface area (Å²) in [7, 11) is 0. The van der Waals surface area contributed by atoms with Gasteiger partial charge in [-0.15, -0.1) is 0 Å². The Morgan fingerprint density at radius 2 is 2.12 bits per heavy atom. The van der Waals surface area contributed by atoms with Gasteiger partial charge in [-0.05, 0) is 34.1 Å². The van der Waals surface area contributed by atoms with Crippen molar-refractivity contribution in [2.24, 2.45) is 0 Å². The van der Waals surface area contributed by atoms with E-state index in [2.05, 4.69) is 31.1 Å². The van der Waals surface area contributed by atoms with Crippen LogP contribution in [-0.2, 0) is 0 Å². The standard InChI is InChI=1S/C12H9BrN4/c13-8-5-10-11(16-17-12(10)15-6-8)7-2-1-3-9(14)4-7/h1-6H,14H2,(H,15,16,17). The summed E-state index contributed by atoms with van der Waals surface area (Å²) < 4.78 is 0.927. The number of anilines is 1. The Morgan fingerprint density at radius 3 is 2.94 bits per heavy atom. The zero-order valence-electron chi connectivity index (χ0n) is 8.81. The maximum Gasteiger partial charge on any atom is 0.181 e. The van der Waals surface area contributed by atoms with Gasteiger partial charge < -0.3 is 5.73 Å². The lowest BCUT2D eigenvalue weighted by Gasteiger charge is -2.00. The van der Waals surface area contributed by atoms with Gasteiger partial charge in [-0.1, -0.05) is 12.1 Å². The molecule has 5 heteroatoms. The predicted octanol–water partition coefficient (Wildman–Crippen LogP) is 2.97. The van der Waals surface area contributed by atoms with E-state index in [4.69, 9.17) is 5.73 Å². The topological polar surface area (TPSA) is 67.6 Å². The first-order valence-electron chi connectivity index (χ1n) is 5.09. The molecule has 0 aliphatic heterocycles. The van der Waals surface area contributed by atoms with E-state index in [0.29, 0.717) is 5.65 Å². The Balaban J connectivity index is 2.27. The minimum Gasteiger partial charge on any atom is -0.399 e. The number of pyridine rings is 1. The number of benzene rings is 1. The van der Waals surface area contributed by atoms with Crippen LogP contribution in [0.1, 0.15) is 0 Å².